The monoisotopic (exact) mass is 287 g/mol. The highest BCUT2D eigenvalue weighted by Gasteiger charge is 2.25. The summed E-state index contributed by atoms with van der Waals surface area (Å²) < 4.78 is 0. The van der Waals surface area contributed by atoms with Crippen LogP contribution in [0.4, 0.5) is 5.69 Å². The molecule has 1 aromatic rings. The quantitative estimate of drug-likeness (QED) is 0.846. The van der Waals surface area contributed by atoms with Crippen LogP contribution in [-0.2, 0) is 9.59 Å². The second-order valence-corrected chi connectivity index (χ2v) is 5.45. The van der Waals surface area contributed by atoms with Gasteiger partial charge in [0.05, 0.1) is 6.42 Å². The van der Waals surface area contributed by atoms with Gasteiger partial charge in [0.2, 0.25) is 5.91 Å². The number of anilines is 1. The summed E-state index contributed by atoms with van der Waals surface area (Å²) in [5, 5.41) is 8.90. The topological polar surface area (TPSA) is 57.6 Å². The van der Waals surface area contributed by atoms with E-state index in [1.54, 1.807) is 4.90 Å². The van der Waals surface area contributed by atoms with Gasteiger partial charge in [-0.3, -0.25) is 9.59 Å². The lowest BCUT2D eigenvalue weighted by atomic mass is 9.93. The number of hydrogen-bond donors (Lipinski definition) is 1. The molecule has 1 aromatic carbocycles. The van der Waals surface area contributed by atoms with Crippen LogP contribution in [0.25, 0.3) is 0 Å². The zero-order chi connectivity index (χ0) is 15.2. The van der Waals surface area contributed by atoms with Gasteiger partial charge < -0.3 is 10.0 Å². The molecule has 1 unspecified atom stereocenters. The maximum absolute atomic E-state index is 12.7. The lowest BCUT2D eigenvalue weighted by Gasteiger charge is -2.28. The van der Waals surface area contributed by atoms with Gasteiger partial charge >= 0.3 is 5.97 Å². The van der Waals surface area contributed by atoms with Gasteiger partial charge in [-0.15, -0.1) is 0 Å². The first-order chi connectivity index (χ1) is 10.1. The highest BCUT2D eigenvalue weighted by Crippen LogP contribution is 2.24. The molecule has 0 saturated carbocycles. The molecule has 0 bridgehead atoms. The molecule has 4 heteroatoms. The van der Waals surface area contributed by atoms with Gasteiger partial charge in [0.1, 0.15) is 0 Å². The summed E-state index contributed by atoms with van der Waals surface area (Å²) in [5.41, 5.74) is 1.89. The third kappa shape index (κ3) is 4.18. The first-order valence-electron chi connectivity index (χ1n) is 7.33. The predicted octanol–water partition coefficient (Wildman–Crippen LogP) is 3.16. The van der Waals surface area contributed by atoms with Crippen molar-refractivity contribution in [3.8, 4) is 0 Å². The van der Waals surface area contributed by atoms with Crippen LogP contribution in [0.2, 0.25) is 0 Å². The van der Waals surface area contributed by atoms with Crippen molar-refractivity contribution in [1.82, 2.24) is 0 Å². The van der Waals surface area contributed by atoms with E-state index in [0.29, 0.717) is 0 Å². The first-order valence-corrected chi connectivity index (χ1v) is 7.33. The molecular weight excluding hydrogens is 266 g/mol. The third-order valence-corrected chi connectivity index (χ3v) is 3.78. The fourth-order valence-corrected chi connectivity index (χ4v) is 2.54. The van der Waals surface area contributed by atoms with Crippen molar-refractivity contribution in [3.05, 3.63) is 42.0 Å². The molecule has 0 radical (unpaired) electrons. The number of aryl methyl sites for hydroxylation is 1. The number of allylic oxidation sites excluding steroid dienone is 2. The van der Waals surface area contributed by atoms with E-state index in [0.717, 1.165) is 30.5 Å². The van der Waals surface area contributed by atoms with Crippen LogP contribution in [0.5, 0.6) is 0 Å². The Balaban J connectivity index is 2.18. The molecule has 1 amide bonds. The summed E-state index contributed by atoms with van der Waals surface area (Å²) in [6.45, 7) is 2.20. The molecule has 1 N–H and O–H groups in total. The molecule has 1 aliphatic carbocycles. The Kier molecular flexibility index (Phi) is 5.14. The largest absolute Gasteiger partial charge is 0.481 e. The summed E-state index contributed by atoms with van der Waals surface area (Å²) in [7, 11) is 0. The third-order valence-electron chi connectivity index (χ3n) is 3.78. The minimum Gasteiger partial charge on any atom is -0.481 e. The second-order valence-electron chi connectivity index (χ2n) is 5.45. The maximum atomic E-state index is 12.7. The molecular formula is C17H21NO3. The molecule has 4 nitrogen and oxygen atoms in total. The number of carboxylic acid groups (broad SMARTS) is 1. The van der Waals surface area contributed by atoms with Crippen molar-refractivity contribution in [3.63, 3.8) is 0 Å². The molecule has 0 spiro atoms. The Hall–Kier alpha value is -2.10. The molecule has 0 fully saturated rings. The number of nitrogens with zero attached hydrogens (tertiary/aromatic N) is 1. The normalized spacial score (nSPS) is 17.5. The van der Waals surface area contributed by atoms with E-state index in [2.05, 4.69) is 6.08 Å². The Morgan fingerprint density at radius 2 is 1.95 bits per heavy atom. The maximum Gasteiger partial charge on any atom is 0.305 e. The number of aliphatic carboxylic acids is 1. The van der Waals surface area contributed by atoms with Crippen molar-refractivity contribution in [2.45, 2.75) is 32.6 Å². The molecule has 21 heavy (non-hydrogen) atoms. The van der Waals surface area contributed by atoms with Gasteiger partial charge in [0.15, 0.2) is 0 Å². The van der Waals surface area contributed by atoms with Gasteiger partial charge in [-0.1, -0.05) is 29.8 Å². The highest BCUT2D eigenvalue weighted by molar-refractivity contribution is 5.95. The Morgan fingerprint density at radius 3 is 2.52 bits per heavy atom. The summed E-state index contributed by atoms with van der Waals surface area (Å²) >= 11 is 0. The number of carbonyl (C=O) groups is 2. The van der Waals surface area contributed by atoms with Crippen LogP contribution >= 0.6 is 0 Å². The summed E-state index contributed by atoms with van der Waals surface area (Å²) in [5.74, 6) is -0.891. The van der Waals surface area contributed by atoms with E-state index in [1.807, 2.05) is 37.3 Å². The minimum absolute atomic E-state index is 0.0319. The van der Waals surface area contributed by atoms with Gasteiger partial charge in [-0.25, -0.2) is 0 Å². The number of carbonyl (C=O) groups excluding carboxylic acids is 1. The van der Waals surface area contributed by atoms with E-state index in [4.69, 9.17) is 5.11 Å². The van der Waals surface area contributed by atoms with Crippen LogP contribution in [0.3, 0.4) is 0 Å². The SMILES string of the molecule is Cc1ccc(N(CCC(=O)O)C(=O)C2CC=CCC2)cc1. The smallest absolute Gasteiger partial charge is 0.305 e. The van der Waals surface area contributed by atoms with Crippen LogP contribution < -0.4 is 4.90 Å². The average Bonchev–Trinajstić information content (AvgIpc) is 2.49. The lowest BCUT2D eigenvalue weighted by molar-refractivity contribution is -0.136. The number of hydrogen-bond acceptors (Lipinski definition) is 2. The van der Waals surface area contributed by atoms with Crippen LogP contribution in [0, 0.1) is 12.8 Å². The molecule has 0 aromatic heterocycles. The molecule has 112 valence electrons. The average molecular weight is 287 g/mol. The lowest BCUT2D eigenvalue weighted by Crippen LogP contribution is -2.38. The zero-order valence-electron chi connectivity index (χ0n) is 12.3. The number of amides is 1. The predicted molar refractivity (Wildman–Crippen MR) is 82.3 cm³/mol. The molecule has 0 heterocycles. The first kappa shape index (κ1) is 15.3. The number of carboxylic acids is 1. The Bertz CT molecular complexity index is 533. The van der Waals surface area contributed by atoms with E-state index < -0.39 is 5.97 Å². The van der Waals surface area contributed by atoms with Crippen molar-refractivity contribution >= 4 is 17.6 Å². The summed E-state index contributed by atoms with van der Waals surface area (Å²) in [6, 6.07) is 7.65. The molecule has 0 saturated heterocycles. The van der Waals surface area contributed by atoms with E-state index in [-0.39, 0.29) is 24.8 Å². The van der Waals surface area contributed by atoms with E-state index in [9.17, 15) is 9.59 Å². The Morgan fingerprint density at radius 1 is 1.24 bits per heavy atom. The summed E-state index contributed by atoms with van der Waals surface area (Å²) in [4.78, 5) is 25.2. The highest BCUT2D eigenvalue weighted by atomic mass is 16.4. The standard InChI is InChI=1S/C17H21NO3/c1-13-7-9-15(10-8-13)18(12-11-16(19)20)17(21)14-5-3-2-4-6-14/h2-3,7-10,14H,4-6,11-12H2,1H3,(H,19,20). The second kappa shape index (κ2) is 7.07. The van der Waals surface area contributed by atoms with Crippen molar-refractivity contribution in [2.75, 3.05) is 11.4 Å². The van der Waals surface area contributed by atoms with E-state index in [1.165, 1.54) is 0 Å². The summed E-state index contributed by atoms with van der Waals surface area (Å²) in [6.07, 6.45) is 6.59. The van der Waals surface area contributed by atoms with Crippen molar-refractivity contribution in [2.24, 2.45) is 5.92 Å². The Labute approximate surface area is 125 Å². The van der Waals surface area contributed by atoms with E-state index >= 15 is 0 Å². The number of rotatable bonds is 5. The minimum atomic E-state index is -0.886. The van der Waals surface area contributed by atoms with Gasteiger partial charge in [0.25, 0.3) is 0 Å². The molecule has 1 atom stereocenters. The van der Waals surface area contributed by atoms with Crippen molar-refractivity contribution < 1.29 is 14.7 Å². The van der Waals surface area contributed by atoms with Gasteiger partial charge in [-0.2, -0.15) is 0 Å². The molecule has 1 aliphatic rings. The number of benzene rings is 1. The zero-order valence-corrected chi connectivity index (χ0v) is 12.3. The molecule has 0 aliphatic heterocycles. The fourth-order valence-electron chi connectivity index (χ4n) is 2.54. The van der Waals surface area contributed by atoms with Gasteiger partial charge in [0, 0.05) is 18.2 Å². The van der Waals surface area contributed by atoms with Gasteiger partial charge in [-0.05, 0) is 38.3 Å². The van der Waals surface area contributed by atoms with Crippen molar-refractivity contribution in [1.29, 1.82) is 0 Å². The fraction of sp³-hybridized carbons (Fsp3) is 0.412. The molecule has 2 rings (SSSR count). The van der Waals surface area contributed by atoms with Crippen LogP contribution in [0.15, 0.2) is 36.4 Å². The van der Waals surface area contributed by atoms with Crippen LogP contribution in [-0.4, -0.2) is 23.5 Å². The van der Waals surface area contributed by atoms with Crippen LogP contribution in [0.1, 0.15) is 31.2 Å².